The van der Waals surface area contributed by atoms with E-state index in [-0.39, 0.29) is 5.82 Å². The first-order valence-electron chi connectivity index (χ1n) is 13.7. The standard InChI is InChI=1S/C29H34FN7/c1-17-5-3-7-23-25(17)27(35-34-23)21-11-12-22-28(26(21)30)32-24(13-10-20-6-4-14-36(20)2)33-29(22)37-15-18-8-9-19(16-37)31-18/h3,5,7,11-12,18-20,31H,4,6,8-10,13-16H2,1-2H3,(H,34,35). The van der Waals surface area contributed by atoms with Crippen molar-refractivity contribution in [3.63, 3.8) is 0 Å². The van der Waals surface area contributed by atoms with E-state index in [4.69, 9.17) is 9.97 Å². The summed E-state index contributed by atoms with van der Waals surface area (Å²) in [6.45, 7) is 4.99. The van der Waals surface area contributed by atoms with Crippen molar-refractivity contribution >= 4 is 27.6 Å². The highest BCUT2D eigenvalue weighted by Crippen LogP contribution is 2.36. The van der Waals surface area contributed by atoms with Gasteiger partial charge in [-0.05, 0) is 76.4 Å². The molecule has 2 aromatic carbocycles. The van der Waals surface area contributed by atoms with Gasteiger partial charge >= 0.3 is 0 Å². The number of likely N-dealkylation sites (tertiary alicyclic amines) is 1. The molecule has 3 aliphatic rings. The van der Waals surface area contributed by atoms with E-state index in [1.54, 1.807) is 0 Å². The van der Waals surface area contributed by atoms with Crippen molar-refractivity contribution in [3.05, 3.63) is 47.5 Å². The lowest BCUT2D eigenvalue weighted by molar-refractivity contribution is 0.295. The fraction of sp³-hybridized carbons (Fsp3) is 0.483. The van der Waals surface area contributed by atoms with Crippen LogP contribution in [0.5, 0.6) is 0 Å². The van der Waals surface area contributed by atoms with Gasteiger partial charge in [-0.2, -0.15) is 5.10 Å². The number of aromatic amines is 1. The third-order valence-corrected chi connectivity index (χ3v) is 8.77. The van der Waals surface area contributed by atoms with Gasteiger partial charge < -0.3 is 15.1 Å². The van der Waals surface area contributed by atoms with Crippen LogP contribution in [0.1, 0.15) is 43.5 Å². The fourth-order valence-corrected chi connectivity index (χ4v) is 6.78. The summed E-state index contributed by atoms with van der Waals surface area (Å²) < 4.78 is 16.4. The molecule has 37 heavy (non-hydrogen) atoms. The quantitative estimate of drug-likeness (QED) is 0.419. The Kier molecular flexibility index (Phi) is 5.62. The van der Waals surface area contributed by atoms with Crippen LogP contribution in [0.25, 0.3) is 33.1 Å². The van der Waals surface area contributed by atoms with Crippen LogP contribution in [0.3, 0.4) is 0 Å². The summed E-state index contributed by atoms with van der Waals surface area (Å²) in [7, 11) is 2.20. The number of nitrogens with one attached hydrogen (secondary N) is 2. The molecule has 0 radical (unpaired) electrons. The maximum absolute atomic E-state index is 16.4. The molecular weight excluding hydrogens is 465 g/mol. The topological polar surface area (TPSA) is 73.0 Å². The smallest absolute Gasteiger partial charge is 0.159 e. The van der Waals surface area contributed by atoms with Crippen LogP contribution in [0, 0.1) is 12.7 Å². The second-order valence-electron chi connectivity index (χ2n) is 11.2. The Balaban J connectivity index is 1.34. The number of halogens is 1. The average Bonchev–Trinajstić information content (AvgIpc) is 3.61. The van der Waals surface area contributed by atoms with Crippen LogP contribution in [0.15, 0.2) is 30.3 Å². The van der Waals surface area contributed by atoms with Crippen molar-refractivity contribution < 1.29 is 4.39 Å². The van der Waals surface area contributed by atoms with Crippen LogP contribution in [0.2, 0.25) is 0 Å². The number of rotatable bonds is 5. The third-order valence-electron chi connectivity index (χ3n) is 8.77. The van der Waals surface area contributed by atoms with Crippen molar-refractivity contribution in [2.24, 2.45) is 0 Å². The molecule has 0 amide bonds. The summed E-state index contributed by atoms with van der Waals surface area (Å²) in [5.41, 5.74) is 3.52. The molecule has 3 saturated heterocycles. The molecule has 0 spiro atoms. The van der Waals surface area contributed by atoms with Gasteiger partial charge in [-0.15, -0.1) is 0 Å². The molecule has 3 unspecified atom stereocenters. The minimum atomic E-state index is -0.310. The summed E-state index contributed by atoms with van der Waals surface area (Å²) in [5.74, 6) is 1.31. The van der Waals surface area contributed by atoms with Crippen molar-refractivity contribution in [1.29, 1.82) is 0 Å². The minimum Gasteiger partial charge on any atom is -0.353 e. The van der Waals surface area contributed by atoms with E-state index in [0.717, 1.165) is 66.0 Å². The van der Waals surface area contributed by atoms with E-state index < -0.39 is 0 Å². The van der Waals surface area contributed by atoms with Crippen LogP contribution in [0.4, 0.5) is 10.2 Å². The largest absolute Gasteiger partial charge is 0.353 e. The highest BCUT2D eigenvalue weighted by Gasteiger charge is 2.34. The lowest BCUT2D eigenvalue weighted by Gasteiger charge is -2.34. The molecule has 3 fully saturated rings. The highest BCUT2D eigenvalue weighted by molar-refractivity contribution is 5.99. The summed E-state index contributed by atoms with van der Waals surface area (Å²) in [6, 6.07) is 11.4. The molecule has 7 nitrogen and oxygen atoms in total. The van der Waals surface area contributed by atoms with Crippen LogP contribution < -0.4 is 10.2 Å². The fourth-order valence-electron chi connectivity index (χ4n) is 6.78. The van der Waals surface area contributed by atoms with Crippen LogP contribution in [-0.2, 0) is 6.42 Å². The highest BCUT2D eigenvalue weighted by atomic mass is 19.1. The first kappa shape index (κ1) is 23.0. The van der Waals surface area contributed by atoms with Gasteiger partial charge in [-0.25, -0.2) is 14.4 Å². The average molecular weight is 500 g/mol. The van der Waals surface area contributed by atoms with E-state index in [1.807, 2.05) is 37.3 Å². The third kappa shape index (κ3) is 3.97. The number of H-pyrrole nitrogens is 1. The summed E-state index contributed by atoms with van der Waals surface area (Å²) in [6.07, 6.45) is 6.58. The number of anilines is 1. The zero-order valence-electron chi connectivity index (χ0n) is 21.6. The van der Waals surface area contributed by atoms with E-state index in [0.29, 0.717) is 34.9 Å². The zero-order valence-corrected chi connectivity index (χ0v) is 21.6. The molecular formula is C29H34FN7. The Hall–Kier alpha value is -3.10. The summed E-state index contributed by atoms with van der Waals surface area (Å²) >= 11 is 0. The number of fused-ring (bicyclic) bond motifs is 4. The Morgan fingerprint density at radius 1 is 1.05 bits per heavy atom. The van der Waals surface area contributed by atoms with E-state index in [9.17, 15) is 0 Å². The Bertz CT molecular complexity index is 1470. The Morgan fingerprint density at radius 3 is 2.68 bits per heavy atom. The maximum Gasteiger partial charge on any atom is 0.159 e. The molecule has 8 heteroatoms. The molecule has 192 valence electrons. The molecule has 7 rings (SSSR count). The molecule has 2 aromatic heterocycles. The first-order valence-corrected chi connectivity index (χ1v) is 13.7. The molecule has 0 saturated carbocycles. The number of aryl methyl sites for hydroxylation is 2. The van der Waals surface area contributed by atoms with Crippen molar-refractivity contribution in [2.75, 3.05) is 31.6 Å². The summed E-state index contributed by atoms with van der Waals surface area (Å²) in [4.78, 5) is 14.7. The van der Waals surface area contributed by atoms with Gasteiger partial charge in [0.2, 0.25) is 0 Å². The predicted molar refractivity (Wildman–Crippen MR) is 145 cm³/mol. The molecule has 3 atom stereocenters. The Morgan fingerprint density at radius 2 is 1.89 bits per heavy atom. The molecule has 4 aromatic rings. The second-order valence-corrected chi connectivity index (χ2v) is 11.2. The van der Waals surface area contributed by atoms with Crippen LogP contribution in [-0.4, -0.2) is 69.9 Å². The molecule has 3 aliphatic heterocycles. The number of hydrogen-bond donors (Lipinski definition) is 2. The monoisotopic (exact) mass is 499 g/mol. The van der Waals surface area contributed by atoms with Crippen molar-refractivity contribution in [1.82, 2.24) is 30.4 Å². The van der Waals surface area contributed by atoms with Crippen LogP contribution >= 0.6 is 0 Å². The van der Waals surface area contributed by atoms with E-state index >= 15 is 4.39 Å². The molecule has 2 bridgehead atoms. The molecule has 5 heterocycles. The van der Waals surface area contributed by atoms with Gasteiger partial charge in [0.25, 0.3) is 0 Å². The lowest BCUT2D eigenvalue weighted by atomic mass is 10.0. The zero-order chi connectivity index (χ0) is 25.1. The van der Waals surface area contributed by atoms with Gasteiger partial charge in [0.05, 0.1) is 5.52 Å². The predicted octanol–water partition coefficient (Wildman–Crippen LogP) is 4.59. The minimum absolute atomic E-state index is 0.310. The molecule has 2 N–H and O–H groups in total. The van der Waals surface area contributed by atoms with Gasteiger partial charge in [-0.3, -0.25) is 5.10 Å². The first-order chi connectivity index (χ1) is 18.0. The number of hydrogen-bond acceptors (Lipinski definition) is 6. The van der Waals surface area contributed by atoms with E-state index in [2.05, 4.69) is 32.4 Å². The summed E-state index contributed by atoms with van der Waals surface area (Å²) in [5, 5.41) is 13.1. The second kappa shape index (κ2) is 9.03. The lowest BCUT2D eigenvalue weighted by Crippen LogP contribution is -2.51. The van der Waals surface area contributed by atoms with Crippen molar-refractivity contribution in [3.8, 4) is 11.3 Å². The van der Waals surface area contributed by atoms with Gasteiger partial charge in [-0.1, -0.05) is 12.1 Å². The number of piperazine rings is 1. The number of benzene rings is 2. The molecule has 0 aliphatic carbocycles. The number of aromatic nitrogens is 4. The van der Waals surface area contributed by atoms with Gasteiger partial charge in [0, 0.05) is 54.0 Å². The van der Waals surface area contributed by atoms with Gasteiger partial charge in [0.15, 0.2) is 5.82 Å². The number of nitrogens with zero attached hydrogens (tertiary/aromatic N) is 5. The SMILES string of the molecule is Cc1cccc2[nH]nc(-c3ccc4c(N5CC6CCC(C5)N6)nc(CCC5CCCN5C)nc4c3F)c12. The normalized spacial score (nSPS) is 24.1. The van der Waals surface area contributed by atoms with Crippen molar-refractivity contribution in [2.45, 2.75) is 63.6 Å². The van der Waals surface area contributed by atoms with Gasteiger partial charge in [0.1, 0.15) is 22.9 Å². The Labute approximate surface area is 216 Å². The maximum atomic E-state index is 16.4. The van der Waals surface area contributed by atoms with E-state index in [1.165, 1.54) is 25.7 Å².